The van der Waals surface area contributed by atoms with Crippen LogP contribution < -0.4 is 0 Å². The average Bonchev–Trinajstić information content (AvgIpc) is 2.67. The molecule has 1 nitrogen and oxygen atoms in total. The van der Waals surface area contributed by atoms with E-state index in [2.05, 4.69) is 24.3 Å². The van der Waals surface area contributed by atoms with Crippen LogP contribution in [0.2, 0.25) is 0 Å². The zero-order valence-corrected chi connectivity index (χ0v) is 7.61. The lowest BCUT2D eigenvalue weighted by atomic mass is 9.94. The third-order valence-electron chi connectivity index (χ3n) is 3.64. The molecule has 0 bridgehead atoms. The van der Waals surface area contributed by atoms with Gasteiger partial charge in [-0.05, 0) is 36.7 Å². The molecule has 2 aliphatic rings. The number of rotatable bonds is 1. The highest BCUT2D eigenvalue weighted by molar-refractivity contribution is 5.26. The van der Waals surface area contributed by atoms with Gasteiger partial charge in [-0.1, -0.05) is 30.3 Å². The second-order valence-corrected chi connectivity index (χ2v) is 4.55. The summed E-state index contributed by atoms with van der Waals surface area (Å²) in [5, 5.41) is 9.90. The number of fused-ring (bicyclic) bond motifs is 1. The van der Waals surface area contributed by atoms with E-state index in [0.717, 1.165) is 12.8 Å². The summed E-state index contributed by atoms with van der Waals surface area (Å²) in [6, 6.07) is 10.6. The molecule has 0 aromatic heterocycles. The first-order valence-electron chi connectivity index (χ1n) is 5.05. The second-order valence-electron chi connectivity index (χ2n) is 4.55. The Morgan fingerprint density at radius 1 is 1.15 bits per heavy atom. The SMILES string of the molecule is OC12CC(c3ccccc3)CC1C2. The van der Waals surface area contributed by atoms with Gasteiger partial charge in [0.2, 0.25) is 0 Å². The van der Waals surface area contributed by atoms with E-state index in [1.54, 1.807) is 0 Å². The minimum Gasteiger partial charge on any atom is -0.390 e. The molecule has 0 heterocycles. The van der Waals surface area contributed by atoms with Crippen molar-refractivity contribution in [2.45, 2.75) is 30.8 Å². The molecule has 2 saturated carbocycles. The van der Waals surface area contributed by atoms with Crippen molar-refractivity contribution in [1.82, 2.24) is 0 Å². The molecule has 1 aromatic rings. The van der Waals surface area contributed by atoms with E-state index in [0.29, 0.717) is 11.8 Å². The first-order chi connectivity index (χ1) is 6.28. The fourth-order valence-electron chi connectivity index (χ4n) is 2.75. The third-order valence-corrected chi connectivity index (χ3v) is 3.64. The maximum absolute atomic E-state index is 9.90. The maximum atomic E-state index is 9.90. The van der Waals surface area contributed by atoms with Gasteiger partial charge in [0.05, 0.1) is 5.60 Å². The van der Waals surface area contributed by atoms with Crippen molar-refractivity contribution in [3.63, 3.8) is 0 Å². The van der Waals surface area contributed by atoms with Crippen molar-refractivity contribution in [3.05, 3.63) is 35.9 Å². The summed E-state index contributed by atoms with van der Waals surface area (Å²) in [6.07, 6.45) is 3.23. The Morgan fingerprint density at radius 2 is 1.92 bits per heavy atom. The highest BCUT2D eigenvalue weighted by Crippen LogP contribution is 2.60. The van der Waals surface area contributed by atoms with Crippen LogP contribution in [-0.2, 0) is 0 Å². The fraction of sp³-hybridized carbons (Fsp3) is 0.500. The second kappa shape index (κ2) is 2.36. The van der Waals surface area contributed by atoms with Crippen molar-refractivity contribution in [1.29, 1.82) is 0 Å². The fourth-order valence-corrected chi connectivity index (χ4v) is 2.75. The van der Waals surface area contributed by atoms with Crippen LogP contribution in [0.25, 0.3) is 0 Å². The zero-order chi connectivity index (χ0) is 8.89. The molecule has 0 amide bonds. The summed E-state index contributed by atoms with van der Waals surface area (Å²) in [6.45, 7) is 0. The predicted molar refractivity (Wildman–Crippen MR) is 51.5 cm³/mol. The molecule has 1 N–H and O–H groups in total. The van der Waals surface area contributed by atoms with E-state index in [1.165, 1.54) is 12.0 Å². The number of benzene rings is 1. The summed E-state index contributed by atoms with van der Waals surface area (Å²) >= 11 is 0. The monoisotopic (exact) mass is 174 g/mol. The molecule has 2 aliphatic carbocycles. The van der Waals surface area contributed by atoms with Gasteiger partial charge in [0, 0.05) is 0 Å². The Balaban J connectivity index is 1.82. The molecule has 3 unspecified atom stereocenters. The largest absolute Gasteiger partial charge is 0.390 e. The average molecular weight is 174 g/mol. The minimum atomic E-state index is -0.263. The molecule has 0 saturated heterocycles. The summed E-state index contributed by atoms with van der Waals surface area (Å²) in [4.78, 5) is 0. The van der Waals surface area contributed by atoms with Crippen molar-refractivity contribution >= 4 is 0 Å². The van der Waals surface area contributed by atoms with Crippen LogP contribution in [0.5, 0.6) is 0 Å². The van der Waals surface area contributed by atoms with E-state index in [9.17, 15) is 5.11 Å². The maximum Gasteiger partial charge on any atom is 0.0686 e. The van der Waals surface area contributed by atoms with E-state index >= 15 is 0 Å². The van der Waals surface area contributed by atoms with Crippen molar-refractivity contribution in [2.75, 3.05) is 0 Å². The topological polar surface area (TPSA) is 20.2 Å². The van der Waals surface area contributed by atoms with E-state index in [4.69, 9.17) is 0 Å². The Bertz CT molecular complexity index is 319. The molecular weight excluding hydrogens is 160 g/mol. The molecule has 0 radical (unpaired) electrons. The zero-order valence-electron chi connectivity index (χ0n) is 7.61. The molecule has 68 valence electrons. The minimum absolute atomic E-state index is 0.263. The summed E-state index contributed by atoms with van der Waals surface area (Å²) in [5.41, 5.74) is 1.14. The van der Waals surface area contributed by atoms with Crippen molar-refractivity contribution < 1.29 is 5.11 Å². The van der Waals surface area contributed by atoms with Gasteiger partial charge in [0.25, 0.3) is 0 Å². The third kappa shape index (κ3) is 1.11. The van der Waals surface area contributed by atoms with Crippen LogP contribution in [0, 0.1) is 5.92 Å². The Hall–Kier alpha value is -0.820. The molecule has 3 rings (SSSR count). The first-order valence-corrected chi connectivity index (χ1v) is 5.05. The molecular formula is C12H14O. The summed E-state index contributed by atoms with van der Waals surface area (Å²) in [7, 11) is 0. The van der Waals surface area contributed by atoms with Gasteiger partial charge >= 0.3 is 0 Å². The summed E-state index contributed by atoms with van der Waals surface area (Å²) < 4.78 is 0. The molecule has 3 atom stereocenters. The van der Waals surface area contributed by atoms with Gasteiger partial charge in [0.1, 0.15) is 0 Å². The lowest BCUT2D eigenvalue weighted by molar-refractivity contribution is 0.140. The van der Waals surface area contributed by atoms with E-state index < -0.39 is 0 Å². The number of hydrogen-bond donors (Lipinski definition) is 1. The molecule has 2 fully saturated rings. The smallest absolute Gasteiger partial charge is 0.0686 e. The van der Waals surface area contributed by atoms with Crippen LogP contribution in [-0.4, -0.2) is 10.7 Å². The molecule has 13 heavy (non-hydrogen) atoms. The lowest BCUT2D eigenvalue weighted by Crippen LogP contribution is -2.07. The molecule has 0 spiro atoms. The van der Waals surface area contributed by atoms with Gasteiger partial charge < -0.3 is 5.11 Å². The van der Waals surface area contributed by atoms with Crippen LogP contribution >= 0.6 is 0 Å². The lowest BCUT2D eigenvalue weighted by Gasteiger charge is -2.12. The van der Waals surface area contributed by atoms with Crippen LogP contribution in [0.1, 0.15) is 30.7 Å². The molecule has 0 aliphatic heterocycles. The Morgan fingerprint density at radius 3 is 2.54 bits per heavy atom. The standard InChI is InChI=1S/C12H14O/c13-12-7-10(6-11(12)8-12)9-4-2-1-3-5-9/h1-5,10-11,13H,6-8H2. The van der Waals surface area contributed by atoms with Gasteiger partial charge in [-0.15, -0.1) is 0 Å². The highest BCUT2D eigenvalue weighted by atomic mass is 16.3. The Labute approximate surface area is 78.4 Å². The molecule has 1 aromatic carbocycles. The Kier molecular flexibility index (Phi) is 1.37. The first kappa shape index (κ1) is 7.57. The van der Waals surface area contributed by atoms with Gasteiger partial charge in [-0.25, -0.2) is 0 Å². The molecule has 1 heteroatoms. The van der Waals surface area contributed by atoms with Crippen LogP contribution in [0.3, 0.4) is 0 Å². The quantitative estimate of drug-likeness (QED) is 0.692. The number of aliphatic hydroxyl groups is 1. The van der Waals surface area contributed by atoms with E-state index in [-0.39, 0.29) is 5.60 Å². The van der Waals surface area contributed by atoms with Gasteiger partial charge in [-0.3, -0.25) is 0 Å². The number of hydrogen-bond acceptors (Lipinski definition) is 1. The van der Waals surface area contributed by atoms with E-state index in [1.807, 2.05) is 6.07 Å². The van der Waals surface area contributed by atoms with Crippen molar-refractivity contribution in [2.24, 2.45) is 5.92 Å². The van der Waals surface area contributed by atoms with Gasteiger partial charge in [-0.2, -0.15) is 0 Å². The van der Waals surface area contributed by atoms with Gasteiger partial charge in [0.15, 0.2) is 0 Å². The highest BCUT2D eigenvalue weighted by Gasteiger charge is 2.59. The van der Waals surface area contributed by atoms with Crippen LogP contribution in [0.15, 0.2) is 30.3 Å². The predicted octanol–water partition coefficient (Wildman–Crippen LogP) is 2.32. The van der Waals surface area contributed by atoms with Crippen LogP contribution in [0.4, 0.5) is 0 Å². The summed E-state index contributed by atoms with van der Waals surface area (Å²) in [5.74, 6) is 1.22. The normalized spacial score (nSPS) is 41.6. The van der Waals surface area contributed by atoms with Crippen molar-refractivity contribution in [3.8, 4) is 0 Å².